The van der Waals surface area contributed by atoms with Crippen molar-refractivity contribution in [3.63, 3.8) is 0 Å². The number of rotatable bonds is 9. The topological polar surface area (TPSA) is 37.2 Å². The number of nitrogens with zero attached hydrogens (tertiary/aromatic N) is 5. The zero-order valence-corrected chi connectivity index (χ0v) is 46.9. The summed E-state index contributed by atoms with van der Waals surface area (Å²) in [4.78, 5) is 4.63. The lowest BCUT2D eigenvalue weighted by Crippen LogP contribution is -2.30. The van der Waals surface area contributed by atoms with Crippen molar-refractivity contribution in [3.05, 3.63) is 296 Å². The van der Waals surface area contributed by atoms with E-state index in [0.29, 0.717) is 5.56 Å². The van der Waals surface area contributed by atoms with Crippen LogP contribution in [0.4, 0.5) is 38.5 Å². The highest BCUT2D eigenvalue weighted by Crippen LogP contribution is 2.52. The van der Waals surface area contributed by atoms with Gasteiger partial charge in [0.2, 0.25) is 0 Å². The Morgan fingerprint density at radius 3 is 1.76 bits per heavy atom. The Labute approximate surface area is 490 Å². The zero-order valence-electron chi connectivity index (χ0n) is 46.1. The molecule has 13 aromatic carbocycles. The van der Waals surface area contributed by atoms with Crippen LogP contribution in [0.5, 0.6) is 0 Å². The Hall–Kier alpha value is -10.5. The van der Waals surface area contributed by atoms with E-state index in [1.807, 2.05) is 30.3 Å². The average molecular weight is 1100 g/mol. The maximum Gasteiger partial charge on any atom is 0.131 e. The van der Waals surface area contributed by atoms with Crippen molar-refractivity contribution in [2.75, 3.05) is 9.80 Å². The normalized spacial score (nSPS) is 12.8. The average Bonchev–Trinajstić information content (AvgIpc) is 2.60. The van der Waals surface area contributed by atoms with Gasteiger partial charge in [-0.05, 0) is 164 Å². The number of halogens is 1. The summed E-state index contributed by atoms with van der Waals surface area (Å²) in [6, 6.07) is 98.8. The Bertz CT molecular complexity index is 5010. The molecule has 398 valence electrons. The molecule has 0 amide bonds. The van der Waals surface area contributed by atoms with E-state index in [-0.39, 0.29) is 11.2 Å². The lowest BCUT2D eigenvalue weighted by molar-refractivity contribution is 0.631. The standard InChI is InChI=1S/C77H52FN5S/c1-77(2)67-22-9-12-25-71(67)82(72-26-13-10-23-68(72)77)59-37-29-51(30-38-59)55-34-43-70-66(48-55)64-41-33-57-45-53-17-6-7-18-54(53)47-65(57)76(64)83(70)60-39-31-52(32-40-60)63-42-44-73(75-74(63)79-84-80-75)81(58-35-27-50(28-36-58)49-15-4-3-5-16-49)61-20-14-19-56(46-61)62-21-8-11-24-69(62)78/h3-48H,1-2H3. The predicted octanol–water partition coefficient (Wildman–Crippen LogP) is 21.5. The second-order valence-electron chi connectivity index (χ2n) is 22.4. The fraction of sp³-hybridized carbons (Fsp3) is 0.0390. The smallest absolute Gasteiger partial charge is 0.131 e. The molecule has 2 aromatic heterocycles. The summed E-state index contributed by atoms with van der Waals surface area (Å²) >= 11 is 1.21. The molecule has 1 aliphatic heterocycles. The molecule has 1 aliphatic rings. The van der Waals surface area contributed by atoms with Crippen molar-refractivity contribution in [2.45, 2.75) is 19.3 Å². The lowest BCUT2D eigenvalue weighted by atomic mass is 9.73. The Balaban J connectivity index is 0.795. The van der Waals surface area contributed by atoms with Crippen molar-refractivity contribution in [1.29, 1.82) is 0 Å². The summed E-state index contributed by atoms with van der Waals surface area (Å²) in [7, 11) is 0. The van der Waals surface area contributed by atoms with Crippen LogP contribution in [0.15, 0.2) is 279 Å². The molecule has 3 heterocycles. The second kappa shape index (κ2) is 19.6. The van der Waals surface area contributed by atoms with Crippen molar-refractivity contribution in [2.24, 2.45) is 0 Å². The fourth-order valence-electron chi connectivity index (χ4n) is 13.1. The highest BCUT2D eigenvalue weighted by atomic mass is 32.1. The third-order valence-electron chi connectivity index (χ3n) is 17.3. The molecule has 15 aromatic rings. The fourth-order valence-corrected chi connectivity index (χ4v) is 13.7. The summed E-state index contributed by atoms with van der Waals surface area (Å²) in [6.45, 7) is 4.66. The first-order valence-corrected chi connectivity index (χ1v) is 29.2. The highest BCUT2D eigenvalue weighted by molar-refractivity contribution is 7.00. The molecule has 16 rings (SSSR count). The van der Waals surface area contributed by atoms with Gasteiger partial charge in [-0.15, -0.1) is 0 Å². The van der Waals surface area contributed by atoms with Gasteiger partial charge in [-0.25, -0.2) is 4.39 Å². The van der Waals surface area contributed by atoms with Gasteiger partial charge in [0.25, 0.3) is 0 Å². The molecule has 0 N–H and O–H groups in total. The van der Waals surface area contributed by atoms with E-state index < -0.39 is 0 Å². The number of hydrogen-bond donors (Lipinski definition) is 0. The minimum absolute atomic E-state index is 0.123. The largest absolute Gasteiger partial charge is 0.310 e. The number of aromatic nitrogens is 3. The summed E-state index contributed by atoms with van der Waals surface area (Å²) in [5, 5.41) is 7.21. The SMILES string of the molecule is CC1(C)c2ccccc2N(c2ccc(-c3ccc4c(c3)c3ccc5cc6ccccc6cc5c3n4-c3ccc(-c4ccc(N(c5ccc(-c6ccccc6)cc5)c5cccc(-c6ccccc6F)c5)c5nsnc45)cc3)cc2)c2ccccc21. The molecule has 7 heteroatoms. The van der Waals surface area contributed by atoms with Crippen LogP contribution in [0.25, 0.3) is 105 Å². The summed E-state index contributed by atoms with van der Waals surface area (Å²) in [5.41, 5.74) is 21.7. The third-order valence-corrected chi connectivity index (χ3v) is 17.8. The van der Waals surface area contributed by atoms with E-state index in [1.54, 1.807) is 6.07 Å². The predicted molar refractivity (Wildman–Crippen MR) is 350 cm³/mol. The lowest BCUT2D eigenvalue weighted by Gasteiger charge is -2.42. The van der Waals surface area contributed by atoms with Crippen molar-refractivity contribution < 1.29 is 4.39 Å². The van der Waals surface area contributed by atoms with Gasteiger partial charge >= 0.3 is 0 Å². The van der Waals surface area contributed by atoms with Crippen molar-refractivity contribution in [3.8, 4) is 50.2 Å². The van der Waals surface area contributed by atoms with Crippen LogP contribution >= 0.6 is 11.7 Å². The number of anilines is 6. The molecule has 0 saturated carbocycles. The molecule has 84 heavy (non-hydrogen) atoms. The summed E-state index contributed by atoms with van der Waals surface area (Å²) in [6.07, 6.45) is 0. The quantitative estimate of drug-likeness (QED) is 0.135. The van der Waals surface area contributed by atoms with Crippen LogP contribution in [-0.2, 0) is 5.41 Å². The Morgan fingerprint density at radius 2 is 1.00 bits per heavy atom. The van der Waals surface area contributed by atoms with Gasteiger partial charge in [-0.3, -0.25) is 0 Å². The molecule has 0 unspecified atom stereocenters. The molecule has 0 fully saturated rings. The molecule has 5 nitrogen and oxygen atoms in total. The first kappa shape index (κ1) is 49.4. The maximum atomic E-state index is 15.4. The molecule has 0 saturated heterocycles. The van der Waals surface area contributed by atoms with Crippen LogP contribution in [0.2, 0.25) is 0 Å². The number of hydrogen-bond acceptors (Lipinski definition) is 5. The molecule has 0 atom stereocenters. The van der Waals surface area contributed by atoms with E-state index in [4.69, 9.17) is 8.75 Å². The van der Waals surface area contributed by atoms with E-state index in [2.05, 4.69) is 265 Å². The molecule has 0 bridgehead atoms. The van der Waals surface area contributed by atoms with E-state index in [0.717, 1.165) is 83.9 Å². The molecule has 0 spiro atoms. The Kier molecular flexibility index (Phi) is 11.5. The summed E-state index contributed by atoms with van der Waals surface area (Å²) in [5.74, 6) is -0.266. The van der Waals surface area contributed by atoms with Gasteiger partial charge in [0, 0.05) is 55.5 Å². The van der Waals surface area contributed by atoms with Crippen LogP contribution in [0.1, 0.15) is 25.0 Å². The third kappa shape index (κ3) is 8.03. The highest BCUT2D eigenvalue weighted by Gasteiger charge is 2.36. The van der Waals surface area contributed by atoms with Gasteiger partial charge in [0.15, 0.2) is 0 Å². The summed E-state index contributed by atoms with van der Waals surface area (Å²) < 4.78 is 27.8. The number of fused-ring (bicyclic) bond motifs is 9. The zero-order chi connectivity index (χ0) is 56.0. The van der Waals surface area contributed by atoms with Gasteiger partial charge in [-0.1, -0.05) is 190 Å². The van der Waals surface area contributed by atoms with Gasteiger partial charge in [-0.2, -0.15) is 8.75 Å². The van der Waals surface area contributed by atoms with Crippen LogP contribution in [0.3, 0.4) is 0 Å². The number of para-hydroxylation sites is 2. The second-order valence-corrected chi connectivity index (χ2v) is 22.9. The van der Waals surface area contributed by atoms with Gasteiger partial charge in [0.1, 0.15) is 16.9 Å². The van der Waals surface area contributed by atoms with Crippen LogP contribution < -0.4 is 9.80 Å². The monoisotopic (exact) mass is 1100 g/mol. The minimum atomic E-state index is -0.266. The minimum Gasteiger partial charge on any atom is -0.310 e. The van der Waals surface area contributed by atoms with Gasteiger partial charge in [0.05, 0.1) is 39.8 Å². The molecular weight excluding hydrogens is 1050 g/mol. The van der Waals surface area contributed by atoms with Crippen LogP contribution in [-0.4, -0.2) is 13.3 Å². The maximum absolute atomic E-state index is 15.4. The Morgan fingerprint density at radius 1 is 0.393 bits per heavy atom. The molecule has 0 aliphatic carbocycles. The number of benzene rings is 13. The first-order valence-electron chi connectivity index (χ1n) is 28.5. The molecule has 0 radical (unpaired) electrons. The van der Waals surface area contributed by atoms with E-state index in [1.165, 1.54) is 78.1 Å². The van der Waals surface area contributed by atoms with E-state index >= 15 is 4.39 Å². The van der Waals surface area contributed by atoms with Crippen molar-refractivity contribution in [1.82, 2.24) is 13.3 Å². The van der Waals surface area contributed by atoms with Crippen molar-refractivity contribution >= 4 is 100 Å². The first-order chi connectivity index (χ1) is 41.3. The molecular formula is C77H52FN5S. The van der Waals surface area contributed by atoms with Gasteiger partial charge < -0.3 is 14.4 Å². The van der Waals surface area contributed by atoms with E-state index in [9.17, 15) is 0 Å². The van der Waals surface area contributed by atoms with Crippen LogP contribution in [0, 0.1) is 5.82 Å².